The van der Waals surface area contributed by atoms with Crippen molar-refractivity contribution >= 4 is 29.1 Å². The molecule has 3 aromatic rings. The molecule has 1 heterocycles. The fourth-order valence-corrected chi connectivity index (χ4v) is 3.01. The zero-order chi connectivity index (χ0) is 21.7. The third kappa shape index (κ3) is 5.03. The van der Waals surface area contributed by atoms with E-state index in [9.17, 15) is 14.9 Å². The Hall–Kier alpha value is -3.65. The summed E-state index contributed by atoms with van der Waals surface area (Å²) in [6.45, 7) is 0.131. The summed E-state index contributed by atoms with van der Waals surface area (Å²) in [6.07, 6.45) is 4.59. The number of carbonyl (C=O) groups excluding carboxylic acids is 1. The molecular weight excluding hydrogens is 410 g/mol. The van der Waals surface area contributed by atoms with E-state index < -0.39 is 4.92 Å². The van der Waals surface area contributed by atoms with E-state index in [1.165, 1.54) is 30.0 Å². The number of rotatable bonds is 8. The van der Waals surface area contributed by atoms with Gasteiger partial charge in [-0.1, -0.05) is 29.8 Å². The van der Waals surface area contributed by atoms with Crippen molar-refractivity contribution in [3.05, 3.63) is 86.7 Å². The third-order valence-electron chi connectivity index (χ3n) is 4.17. The van der Waals surface area contributed by atoms with Crippen molar-refractivity contribution in [2.24, 2.45) is 7.05 Å². The first-order chi connectivity index (χ1) is 14.4. The van der Waals surface area contributed by atoms with Gasteiger partial charge in [-0.3, -0.25) is 19.6 Å². The molecule has 30 heavy (non-hydrogen) atoms. The Labute approximate surface area is 177 Å². The molecule has 0 saturated carbocycles. The molecule has 0 N–H and O–H groups in total. The minimum atomic E-state index is -0.482. The Kier molecular flexibility index (Phi) is 6.48. The highest BCUT2D eigenvalue weighted by atomic mass is 35.5. The average molecular weight is 428 g/mol. The molecule has 8 nitrogen and oxygen atoms in total. The lowest BCUT2D eigenvalue weighted by Gasteiger charge is -2.11. The second-order valence-corrected chi connectivity index (χ2v) is 6.72. The standard InChI is InChI=1S/C21H18ClN3O5/c1-24-12-18(22)21(23-24)19(26)8-6-14-7-9-20(29-2)15(10-14)13-30-17-5-3-4-16(11-17)25(27)28/h3-12H,13H2,1-2H3/b8-6+. The van der Waals surface area contributed by atoms with E-state index in [0.29, 0.717) is 11.5 Å². The van der Waals surface area contributed by atoms with E-state index in [1.54, 1.807) is 49.7 Å². The fourth-order valence-electron chi connectivity index (χ4n) is 2.74. The smallest absolute Gasteiger partial charge is 0.273 e. The molecule has 0 aliphatic carbocycles. The van der Waals surface area contributed by atoms with E-state index >= 15 is 0 Å². The number of aryl methyl sites for hydroxylation is 1. The maximum Gasteiger partial charge on any atom is 0.273 e. The van der Waals surface area contributed by atoms with Crippen molar-refractivity contribution in [2.45, 2.75) is 6.61 Å². The van der Waals surface area contributed by atoms with Gasteiger partial charge < -0.3 is 9.47 Å². The van der Waals surface area contributed by atoms with Crippen molar-refractivity contribution in [3.8, 4) is 11.5 Å². The number of methoxy groups -OCH3 is 1. The van der Waals surface area contributed by atoms with Gasteiger partial charge in [0.05, 0.1) is 23.1 Å². The maximum atomic E-state index is 12.3. The highest BCUT2D eigenvalue weighted by Gasteiger charge is 2.12. The first-order valence-electron chi connectivity index (χ1n) is 8.83. The summed E-state index contributed by atoms with van der Waals surface area (Å²) in [4.78, 5) is 22.7. The molecule has 0 radical (unpaired) electrons. The number of hydrogen-bond acceptors (Lipinski definition) is 6. The summed E-state index contributed by atoms with van der Waals surface area (Å²) in [5.41, 5.74) is 1.59. The summed E-state index contributed by atoms with van der Waals surface area (Å²) in [5, 5.41) is 15.2. The number of hydrogen-bond donors (Lipinski definition) is 0. The van der Waals surface area contributed by atoms with Gasteiger partial charge in [0.15, 0.2) is 5.69 Å². The zero-order valence-corrected chi connectivity index (χ0v) is 17.0. The van der Waals surface area contributed by atoms with Crippen LogP contribution in [0.1, 0.15) is 21.6 Å². The summed E-state index contributed by atoms with van der Waals surface area (Å²) >= 11 is 6.00. The molecule has 0 aliphatic heterocycles. The molecule has 0 saturated heterocycles. The summed E-state index contributed by atoms with van der Waals surface area (Å²) in [5.74, 6) is 0.648. The molecule has 3 rings (SSSR count). The number of carbonyl (C=O) groups is 1. The second kappa shape index (κ2) is 9.23. The van der Waals surface area contributed by atoms with Crippen molar-refractivity contribution in [1.29, 1.82) is 0 Å². The van der Waals surface area contributed by atoms with Crippen molar-refractivity contribution < 1.29 is 19.2 Å². The normalized spacial score (nSPS) is 10.9. The molecule has 0 unspecified atom stereocenters. The molecule has 154 valence electrons. The number of allylic oxidation sites excluding steroid dienone is 1. The second-order valence-electron chi connectivity index (χ2n) is 6.31. The average Bonchev–Trinajstić information content (AvgIpc) is 3.08. The van der Waals surface area contributed by atoms with Gasteiger partial charge in [-0.2, -0.15) is 5.10 Å². The minimum absolute atomic E-state index is 0.0529. The van der Waals surface area contributed by atoms with Crippen LogP contribution in [0.4, 0.5) is 5.69 Å². The number of nitro benzene ring substituents is 1. The number of non-ortho nitro benzene ring substituents is 1. The molecule has 0 bridgehead atoms. The van der Waals surface area contributed by atoms with Crippen molar-refractivity contribution in [3.63, 3.8) is 0 Å². The molecule has 0 fully saturated rings. The Morgan fingerprint density at radius 2 is 2.10 bits per heavy atom. The lowest BCUT2D eigenvalue weighted by Crippen LogP contribution is -2.00. The van der Waals surface area contributed by atoms with E-state index in [2.05, 4.69) is 5.10 Å². The van der Waals surface area contributed by atoms with Crippen LogP contribution in [0.15, 0.2) is 54.7 Å². The highest BCUT2D eigenvalue weighted by molar-refractivity contribution is 6.34. The third-order valence-corrected chi connectivity index (χ3v) is 4.45. The van der Waals surface area contributed by atoms with Gasteiger partial charge >= 0.3 is 0 Å². The highest BCUT2D eigenvalue weighted by Crippen LogP contribution is 2.25. The summed E-state index contributed by atoms with van der Waals surface area (Å²) in [6, 6.07) is 11.3. The maximum absolute atomic E-state index is 12.3. The number of nitro groups is 1. The number of nitrogens with zero attached hydrogens (tertiary/aromatic N) is 3. The van der Waals surface area contributed by atoms with Gasteiger partial charge in [0.2, 0.25) is 5.78 Å². The number of ether oxygens (including phenoxy) is 2. The predicted octanol–water partition coefficient (Wildman–Crippen LogP) is 4.47. The van der Waals surface area contributed by atoms with Crippen molar-refractivity contribution in [1.82, 2.24) is 9.78 Å². The van der Waals surface area contributed by atoms with Crippen LogP contribution < -0.4 is 9.47 Å². The fraction of sp³-hybridized carbons (Fsp3) is 0.143. The van der Waals surface area contributed by atoms with Crippen LogP contribution in [0.3, 0.4) is 0 Å². The van der Waals surface area contributed by atoms with Crippen LogP contribution in [-0.2, 0) is 13.7 Å². The molecule has 0 spiro atoms. The van der Waals surface area contributed by atoms with E-state index in [4.69, 9.17) is 21.1 Å². The van der Waals surface area contributed by atoms with Crippen LogP contribution >= 0.6 is 11.6 Å². The zero-order valence-electron chi connectivity index (χ0n) is 16.2. The molecule has 9 heteroatoms. The molecule has 0 amide bonds. The quantitative estimate of drug-likeness (QED) is 0.228. The van der Waals surface area contributed by atoms with E-state index in [-0.39, 0.29) is 28.8 Å². The lowest BCUT2D eigenvalue weighted by atomic mass is 10.1. The minimum Gasteiger partial charge on any atom is -0.496 e. The Bertz CT molecular complexity index is 1120. The van der Waals surface area contributed by atoms with Gasteiger partial charge in [-0.05, 0) is 29.8 Å². The Balaban J connectivity index is 1.76. The SMILES string of the molecule is COc1ccc(/C=C/C(=O)c2nn(C)cc2Cl)cc1COc1cccc([N+](=O)[O-])c1. The van der Waals surface area contributed by atoms with Crippen LogP contribution in [0.5, 0.6) is 11.5 Å². The van der Waals surface area contributed by atoms with Crippen LogP contribution in [0.2, 0.25) is 5.02 Å². The first-order valence-corrected chi connectivity index (χ1v) is 9.21. The van der Waals surface area contributed by atoms with Gasteiger partial charge in [-0.25, -0.2) is 0 Å². The van der Waals surface area contributed by atoms with Crippen LogP contribution in [0, 0.1) is 10.1 Å². The van der Waals surface area contributed by atoms with Crippen LogP contribution in [-0.4, -0.2) is 27.6 Å². The first kappa shape index (κ1) is 21.1. The summed E-state index contributed by atoms with van der Waals surface area (Å²) in [7, 11) is 3.22. The Morgan fingerprint density at radius 3 is 2.77 bits per heavy atom. The Morgan fingerprint density at radius 1 is 1.30 bits per heavy atom. The van der Waals surface area contributed by atoms with E-state index in [0.717, 1.165) is 11.1 Å². The molecular formula is C21H18ClN3O5. The number of aromatic nitrogens is 2. The number of ketones is 1. The molecule has 1 aromatic heterocycles. The number of halogens is 1. The van der Waals surface area contributed by atoms with Gasteiger partial charge in [0.25, 0.3) is 5.69 Å². The summed E-state index contributed by atoms with van der Waals surface area (Å²) < 4.78 is 12.5. The topological polar surface area (TPSA) is 96.5 Å². The number of benzene rings is 2. The monoisotopic (exact) mass is 427 g/mol. The molecule has 2 aromatic carbocycles. The van der Waals surface area contributed by atoms with Gasteiger partial charge in [-0.15, -0.1) is 0 Å². The predicted molar refractivity (Wildman–Crippen MR) is 112 cm³/mol. The van der Waals surface area contributed by atoms with Crippen LogP contribution in [0.25, 0.3) is 6.08 Å². The largest absolute Gasteiger partial charge is 0.496 e. The van der Waals surface area contributed by atoms with Crippen molar-refractivity contribution in [2.75, 3.05) is 7.11 Å². The molecule has 0 aliphatic rings. The van der Waals surface area contributed by atoms with Gasteiger partial charge in [0, 0.05) is 24.9 Å². The van der Waals surface area contributed by atoms with E-state index in [1.807, 2.05) is 0 Å². The van der Waals surface area contributed by atoms with Gasteiger partial charge in [0.1, 0.15) is 18.1 Å². The molecule has 0 atom stereocenters. The lowest BCUT2D eigenvalue weighted by molar-refractivity contribution is -0.384.